The molecule has 0 aliphatic heterocycles. The summed E-state index contributed by atoms with van der Waals surface area (Å²) in [5.41, 5.74) is 2.26. The van der Waals surface area contributed by atoms with Gasteiger partial charge in [-0.05, 0) is 25.1 Å². The monoisotopic (exact) mass is 314 g/mol. The molecule has 0 saturated carbocycles. The molecule has 0 unspecified atom stereocenters. The third-order valence-electron chi connectivity index (χ3n) is 3.53. The van der Waals surface area contributed by atoms with Gasteiger partial charge in [0.25, 0.3) is 0 Å². The van der Waals surface area contributed by atoms with E-state index in [1.807, 2.05) is 41.8 Å². The van der Waals surface area contributed by atoms with Gasteiger partial charge in [0.05, 0.1) is 0 Å². The minimum Gasteiger partial charge on any atom is -0.456 e. The number of benzene rings is 1. The highest BCUT2D eigenvalue weighted by atomic mass is 35.5. The largest absolute Gasteiger partial charge is 0.456 e. The number of nitrogens with zero attached hydrogens (tertiary/aromatic N) is 2. The Hall–Kier alpha value is -2.33. The summed E-state index contributed by atoms with van der Waals surface area (Å²) in [6, 6.07) is 13.3. The normalized spacial score (nSPS) is 10.8. The zero-order valence-corrected chi connectivity index (χ0v) is 12.9. The van der Waals surface area contributed by atoms with Gasteiger partial charge in [0.2, 0.25) is 0 Å². The SMILES string of the molecule is CCn1c(C(=O)OCc2cccnc2Cl)cc2ccccc21. The number of pyridine rings is 1. The highest BCUT2D eigenvalue weighted by Gasteiger charge is 2.16. The van der Waals surface area contributed by atoms with Crippen LogP contribution in [0.5, 0.6) is 0 Å². The summed E-state index contributed by atoms with van der Waals surface area (Å²) in [7, 11) is 0. The molecule has 5 heteroatoms. The highest BCUT2D eigenvalue weighted by Crippen LogP contribution is 2.21. The predicted octanol–water partition coefficient (Wildman–Crippen LogP) is 4.07. The number of carbonyl (C=O) groups excluding carboxylic acids is 1. The molecule has 0 N–H and O–H groups in total. The Labute approximate surface area is 133 Å². The summed E-state index contributed by atoms with van der Waals surface area (Å²) < 4.78 is 7.33. The molecule has 0 spiro atoms. The number of hydrogen-bond donors (Lipinski definition) is 0. The lowest BCUT2D eigenvalue weighted by atomic mass is 10.2. The van der Waals surface area contributed by atoms with Gasteiger partial charge in [-0.15, -0.1) is 0 Å². The molecule has 2 aromatic heterocycles. The number of rotatable bonds is 4. The van der Waals surface area contributed by atoms with Crippen LogP contribution in [-0.2, 0) is 17.9 Å². The number of para-hydroxylation sites is 1. The molecule has 0 fully saturated rings. The van der Waals surface area contributed by atoms with Crippen molar-refractivity contribution in [3.63, 3.8) is 0 Å². The topological polar surface area (TPSA) is 44.1 Å². The van der Waals surface area contributed by atoms with Gasteiger partial charge in [0, 0.05) is 29.2 Å². The number of carbonyl (C=O) groups is 1. The van der Waals surface area contributed by atoms with Gasteiger partial charge >= 0.3 is 5.97 Å². The number of halogens is 1. The van der Waals surface area contributed by atoms with Crippen LogP contribution in [0.2, 0.25) is 5.15 Å². The van der Waals surface area contributed by atoms with Gasteiger partial charge in [-0.3, -0.25) is 0 Å². The Kier molecular flexibility index (Phi) is 4.11. The van der Waals surface area contributed by atoms with Gasteiger partial charge in [-0.1, -0.05) is 35.9 Å². The molecule has 112 valence electrons. The van der Waals surface area contributed by atoms with Crippen molar-refractivity contribution < 1.29 is 9.53 Å². The molecule has 0 aliphatic rings. The lowest BCUT2D eigenvalue weighted by Crippen LogP contribution is -2.11. The lowest BCUT2D eigenvalue weighted by Gasteiger charge is -2.09. The Bertz CT molecular complexity index is 826. The van der Waals surface area contributed by atoms with Crippen molar-refractivity contribution in [2.45, 2.75) is 20.1 Å². The molecular formula is C17H15ClN2O2. The van der Waals surface area contributed by atoms with E-state index in [2.05, 4.69) is 4.98 Å². The zero-order valence-electron chi connectivity index (χ0n) is 12.1. The Balaban J connectivity index is 1.85. The van der Waals surface area contributed by atoms with Crippen molar-refractivity contribution >= 4 is 28.5 Å². The second-order valence-corrected chi connectivity index (χ2v) is 5.22. The first-order chi connectivity index (χ1) is 10.7. The van der Waals surface area contributed by atoms with Crippen molar-refractivity contribution in [1.82, 2.24) is 9.55 Å². The van der Waals surface area contributed by atoms with Crippen molar-refractivity contribution in [2.75, 3.05) is 0 Å². The molecular weight excluding hydrogens is 300 g/mol. The van der Waals surface area contributed by atoms with Gasteiger partial charge in [-0.2, -0.15) is 0 Å². The number of aromatic nitrogens is 2. The van der Waals surface area contributed by atoms with E-state index < -0.39 is 0 Å². The van der Waals surface area contributed by atoms with E-state index in [0.717, 1.165) is 10.9 Å². The van der Waals surface area contributed by atoms with Crippen LogP contribution < -0.4 is 0 Å². The smallest absolute Gasteiger partial charge is 0.355 e. The Morgan fingerprint density at radius 2 is 2.09 bits per heavy atom. The van der Waals surface area contributed by atoms with E-state index in [1.54, 1.807) is 18.3 Å². The molecule has 3 rings (SSSR count). The van der Waals surface area contributed by atoms with Crippen LogP contribution in [0.3, 0.4) is 0 Å². The maximum absolute atomic E-state index is 12.4. The summed E-state index contributed by atoms with van der Waals surface area (Å²) >= 11 is 5.97. The van der Waals surface area contributed by atoms with Crippen molar-refractivity contribution in [1.29, 1.82) is 0 Å². The summed E-state index contributed by atoms with van der Waals surface area (Å²) in [5, 5.41) is 1.38. The first kappa shape index (κ1) is 14.6. The van der Waals surface area contributed by atoms with Crippen LogP contribution in [0.4, 0.5) is 0 Å². The molecule has 2 heterocycles. The molecule has 0 amide bonds. The first-order valence-electron chi connectivity index (χ1n) is 7.05. The fourth-order valence-electron chi connectivity index (χ4n) is 2.46. The van der Waals surface area contributed by atoms with Gasteiger partial charge in [0.15, 0.2) is 0 Å². The van der Waals surface area contributed by atoms with E-state index in [-0.39, 0.29) is 12.6 Å². The van der Waals surface area contributed by atoms with Crippen molar-refractivity contribution in [3.8, 4) is 0 Å². The predicted molar refractivity (Wildman–Crippen MR) is 86.0 cm³/mol. The molecule has 22 heavy (non-hydrogen) atoms. The maximum Gasteiger partial charge on any atom is 0.355 e. The summed E-state index contributed by atoms with van der Waals surface area (Å²) in [6.45, 7) is 2.81. The number of fused-ring (bicyclic) bond motifs is 1. The van der Waals surface area contributed by atoms with Crippen LogP contribution in [0.1, 0.15) is 23.0 Å². The van der Waals surface area contributed by atoms with E-state index in [1.165, 1.54) is 0 Å². The Morgan fingerprint density at radius 3 is 2.86 bits per heavy atom. The fraction of sp³-hybridized carbons (Fsp3) is 0.176. The number of esters is 1. The average Bonchev–Trinajstić information content (AvgIpc) is 2.92. The maximum atomic E-state index is 12.4. The molecule has 0 radical (unpaired) electrons. The minimum atomic E-state index is -0.363. The van der Waals surface area contributed by atoms with Crippen LogP contribution in [0.25, 0.3) is 10.9 Å². The van der Waals surface area contributed by atoms with Crippen molar-refractivity contribution in [3.05, 3.63) is 65.1 Å². The summed E-state index contributed by atoms with van der Waals surface area (Å²) in [5.74, 6) is -0.363. The fourth-order valence-corrected chi connectivity index (χ4v) is 2.64. The number of hydrogen-bond acceptors (Lipinski definition) is 3. The quantitative estimate of drug-likeness (QED) is 0.538. The summed E-state index contributed by atoms with van der Waals surface area (Å²) in [6.07, 6.45) is 1.60. The lowest BCUT2D eigenvalue weighted by molar-refractivity contribution is 0.0460. The molecule has 4 nitrogen and oxygen atoms in total. The molecule has 0 saturated heterocycles. The van der Waals surface area contributed by atoms with E-state index in [0.29, 0.717) is 23.0 Å². The van der Waals surface area contributed by atoms with Crippen LogP contribution in [-0.4, -0.2) is 15.5 Å². The van der Waals surface area contributed by atoms with E-state index >= 15 is 0 Å². The second-order valence-electron chi connectivity index (χ2n) is 4.86. The third-order valence-corrected chi connectivity index (χ3v) is 3.87. The minimum absolute atomic E-state index is 0.108. The Morgan fingerprint density at radius 1 is 1.27 bits per heavy atom. The van der Waals surface area contributed by atoms with Gasteiger partial charge in [-0.25, -0.2) is 9.78 Å². The second kappa shape index (κ2) is 6.20. The van der Waals surface area contributed by atoms with Crippen molar-refractivity contribution in [2.24, 2.45) is 0 Å². The highest BCUT2D eigenvalue weighted by molar-refractivity contribution is 6.30. The number of aryl methyl sites for hydroxylation is 1. The molecule has 0 bridgehead atoms. The van der Waals surface area contributed by atoms with Crippen LogP contribution >= 0.6 is 11.6 Å². The molecule has 0 aliphatic carbocycles. The van der Waals surface area contributed by atoms with Gasteiger partial charge < -0.3 is 9.30 Å². The number of ether oxygens (including phenoxy) is 1. The van der Waals surface area contributed by atoms with E-state index in [9.17, 15) is 4.79 Å². The standard InChI is InChI=1S/C17H15ClN2O2/c1-2-20-14-8-4-3-6-12(14)10-15(20)17(21)22-11-13-7-5-9-19-16(13)18/h3-10H,2,11H2,1H3. The molecule has 3 aromatic rings. The zero-order chi connectivity index (χ0) is 15.5. The third kappa shape index (κ3) is 2.70. The average molecular weight is 315 g/mol. The van der Waals surface area contributed by atoms with E-state index in [4.69, 9.17) is 16.3 Å². The van der Waals surface area contributed by atoms with Crippen LogP contribution in [0.15, 0.2) is 48.7 Å². The van der Waals surface area contributed by atoms with Gasteiger partial charge in [0.1, 0.15) is 17.5 Å². The first-order valence-corrected chi connectivity index (χ1v) is 7.43. The molecule has 1 aromatic carbocycles. The van der Waals surface area contributed by atoms with Crippen LogP contribution in [0, 0.1) is 0 Å². The summed E-state index contributed by atoms with van der Waals surface area (Å²) in [4.78, 5) is 16.3. The molecule has 0 atom stereocenters.